The molecule has 2 rings (SSSR count). The maximum Gasteiger partial charge on any atom is 0.121 e. The zero-order valence-electron chi connectivity index (χ0n) is 10.4. The molecule has 0 atom stereocenters. The quantitative estimate of drug-likeness (QED) is 0.625. The molecule has 0 aliphatic carbocycles. The number of aryl methyl sites for hydroxylation is 1. The van der Waals surface area contributed by atoms with Gasteiger partial charge in [-0.3, -0.25) is 4.98 Å². The summed E-state index contributed by atoms with van der Waals surface area (Å²) in [4.78, 5) is 4.14. The first kappa shape index (κ1) is 12.2. The highest BCUT2D eigenvalue weighted by Gasteiger charge is 1.95. The van der Waals surface area contributed by atoms with Crippen LogP contribution in [0.15, 0.2) is 42.6 Å². The van der Waals surface area contributed by atoms with Gasteiger partial charge in [-0.05, 0) is 31.2 Å². The summed E-state index contributed by atoms with van der Waals surface area (Å²) < 4.78 is 5.58. The highest BCUT2D eigenvalue weighted by atomic mass is 16.5. The fourth-order valence-electron chi connectivity index (χ4n) is 1.62. The third-order valence-electron chi connectivity index (χ3n) is 2.45. The molecule has 0 fully saturated rings. The third-order valence-corrected chi connectivity index (χ3v) is 2.45. The van der Waals surface area contributed by atoms with Crippen molar-refractivity contribution in [1.29, 1.82) is 0 Å². The van der Waals surface area contributed by atoms with Gasteiger partial charge in [-0.2, -0.15) is 0 Å². The molecule has 4 heteroatoms. The number of rotatable bonds is 5. The lowest BCUT2D eigenvalue weighted by Crippen LogP contribution is -2.11. The number of nitrogen functional groups attached to an aromatic ring is 1. The van der Waals surface area contributed by atoms with Crippen molar-refractivity contribution in [2.24, 2.45) is 0 Å². The van der Waals surface area contributed by atoms with Gasteiger partial charge >= 0.3 is 0 Å². The number of hydrogen-bond donors (Lipinski definition) is 2. The molecule has 3 N–H and O–H groups in total. The van der Waals surface area contributed by atoms with Crippen LogP contribution in [0.2, 0.25) is 0 Å². The van der Waals surface area contributed by atoms with Crippen LogP contribution >= 0.6 is 0 Å². The van der Waals surface area contributed by atoms with E-state index < -0.39 is 0 Å². The van der Waals surface area contributed by atoms with Gasteiger partial charge in [-0.1, -0.05) is 6.07 Å². The van der Waals surface area contributed by atoms with Crippen molar-refractivity contribution in [3.05, 3.63) is 48.3 Å². The maximum atomic E-state index is 5.67. The van der Waals surface area contributed by atoms with Crippen molar-refractivity contribution in [2.75, 3.05) is 24.2 Å². The smallest absolute Gasteiger partial charge is 0.121 e. The fourth-order valence-corrected chi connectivity index (χ4v) is 1.62. The van der Waals surface area contributed by atoms with Gasteiger partial charge in [0.2, 0.25) is 0 Å². The molecule has 0 spiro atoms. The van der Waals surface area contributed by atoms with E-state index in [1.54, 1.807) is 6.20 Å². The number of nitrogens with two attached hydrogens (primary N) is 1. The van der Waals surface area contributed by atoms with E-state index >= 15 is 0 Å². The van der Waals surface area contributed by atoms with E-state index in [1.165, 1.54) is 0 Å². The van der Waals surface area contributed by atoms with Crippen LogP contribution in [-0.2, 0) is 0 Å². The van der Waals surface area contributed by atoms with Crippen molar-refractivity contribution < 1.29 is 4.74 Å². The Morgan fingerprint density at radius 3 is 2.94 bits per heavy atom. The largest absolute Gasteiger partial charge is 0.492 e. The van der Waals surface area contributed by atoms with E-state index in [4.69, 9.17) is 10.5 Å². The number of hydrogen-bond acceptors (Lipinski definition) is 4. The summed E-state index contributed by atoms with van der Waals surface area (Å²) in [6, 6.07) is 11.4. The molecule has 0 aliphatic heterocycles. The van der Waals surface area contributed by atoms with Gasteiger partial charge in [0, 0.05) is 35.9 Å². The summed E-state index contributed by atoms with van der Waals surface area (Å²) in [6.07, 6.45) is 1.79. The van der Waals surface area contributed by atoms with Crippen LogP contribution in [0.25, 0.3) is 0 Å². The standard InChI is InChI=1S/C14H17N3O/c1-11-9-13(5-6-16-11)17-7-8-18-14-4-2-3-12(15)10-14/h2-6,9-10H,7-8,15H2,1H3,(H,16,17). The van der Waals surface area contributed by atoms with E-state index in [9.17, 15) is 0 Å². The van der Waals surface area contributed by atoms with Crippen LogP contribution in [0, 0.1) is 6.92 Å². The molecule has 94 valence electrons. The number of nitrogens with one attached hydrogen (secondary N) is 1. The minimum atomic E-state index is 0.588. The molecule has 0 aliphatic rings. The second kappa shape index (κ2) is 5.91. The molecule has 1 aromatic heterocycles. The summed E-state index contributed by atoms with van der Waals surface area (Å²) in [7, 11) is 0. The molecule has 0 unspecified atom stereocenters. The number of nitrogens with zero attached hydrogens (tertiary/aromatic N) is 1. The molecule has 2 aromatic rings. The predicted molar refractivity (Wildman–Crippen MR) is 73.8 cm³/mol. The van der Waals surface area contributed by atoms with Gasteiger partial charge in [0.25, 0.3) is 0 Å². The molecule has 0 bridgehead atoms. The lowest BCUT2D eigenvalue weighted by molar-refractivity contribution is 0.333. The monoisotopic (exact) mass is 243 g/mol. The Hall–Kier alpha value is -2.23. The predicted octanol–water partition coefficient (Wildman–Crippen LogP) is 2.46. The van der Waals surface area contributed by atoms with Crippen molar-refractivity contribution in [1.82, 2.24) is 4.98 Å². The van der Waals surface area contributed by atoms with Crippen molar-refractivity contribution in [2.45, 2.75) is 6.92 Å². The highest BCUT2D eigenvalue weighted by Crippen LogP contribution is 2.14. The minimum absolute atomic E-state index is 0.588. The average molecular weight is 243 g/mol. The molecule has 0 saturated carbocycles. The SMILES string of the molecule is Cc1cc(NCCOc2cccc(N)c2)ccn1. The molecule has 1 heterocycles. The normalized spacial score (nSPS) is 10.1. The van der Waals surface area contributed by atoms with Crippen LogP contribution in [-0.4, -0.2) is 18.1 Å². The number of benzene rings is 1. The van der Waals surface area contributed by atoms with Gasteiger partial charge in [-0.15, -0.1) is 0 Å². The molecule has 0 saturated heterocycles. The fraction of sp³-hybridized carbons (Fsp3) is 0.214. The van der Waals surface area contributed by atoms with Crippen LogP contribution in [0.5, 0.6) is 5.75 Å². The molecular weight excluding hydrogens is 226 g/mol. The number of aromatic nitrogens is 1. The molecular formula is C14H17N3O. The molecule has 1 aromatic carbocycles. The van der Waals surface area contributed by atoms with Gasteiger partial charge < -0.3 is 15.8 Å². The first-order valence-electron chi connectivity index (χ1n) is 5.89. The Morgan fingerprint density at radius 2 is 2.17 bits per heavy atom. The molecule has 0 radical (unpaired) electrons. The number of ether oxygens (including phenoxy) is 1. The van der Waals surface area contributed by atoms with Gasteiger partial charge in [0.05, 0.1) is 0 Å². The van der Waals surface area contributed by atoms with Crippen LogP contribution in [0.3, 0.4) is 0 Å². The third kappa shape index (κ3) is 3.66. The second-order valence-electron chi connectivity index (χ2n) is 4.03. The Bertz CT molecular complexity index is 466. The Balaban J connectivity index is 1.76. The highest BCUT2D eigenvalue weighted by molar-refractivity contribution is 5.44. The number of pyridine rings is 1. The van der Waals surface area contributed by atoms with Gasteiger partial charge in [0.1, 0.15) is 12.4 Å². The van der Waals surface area contributed by atoms with E-state index in [1.807, 2.05) is 43.3 Å². The van der Waals surface area contributed by atoms with Crippen molar-refractivity contribution in [3.8, 4) is 5.75 Å². The second-order valence-corrected chi connectivity index (χ2v) is 4.03. The van der Waals surface area contributed by atoms with Crippen molar-refractivity contribution in [3.63, 3.8) is 0 Å². The first-order valence-corrected chi connectivity index (χ1v) is 5.89. The summed E-state index contributed by atoms with van der Waals surface area (Å²) in [5, 5.41) is 3.27. The zero-order valence-corrected chi connectivity index (χ0v) is 10.4. The van der Waals surface area contributed by atoms with Gasteiger partial charge in [-0.25, -0.2) is 0 Å². The van der Waals surface area contributed by atoms with Gasteiger partial charge in [0.15, 0.2) is 0 Å². The Labute approximate surface area is 107 Å². The Kier molecular flexibility index (Phi) is 4.02. The zero-order chi connectivity index (χ0) is 12.8. The molecule has 4 nitrogen and oxygen atoms in total. The lowest BCUT2D eigenvalue weighted by atomic mass is 10.3. The van der Waals surface area contributed by atoms with Crippen LogP contribution in [0.1, 0.15) is 5.69 Å². The summed E-state index contributed by atoms with van der Waals surface area (Å²) in [6.45, 7) is 3.29. The van der Waals surface area contributed by atoms with Crippen molar-refractivity contribution >= 4 is 11.4 Å². The molecule has 18 heavy (non-hydrogen) atoms. The maximum absolute atomic E-state index is 5.67. The van der Waals surface area contributed by atoms with E-state index in [0.717, 1.165) is 23.7 Å². The summed E-state index contributed by atoms with van der Waals surface area (Å²) >= 11 is 0. The molecule has 0 amide bonds. The minimum Gasteiger partial charge on any atom is -0.492 e. The summed E-state index contributed by atoms with van der Waals surface area (Å²) in [5.74, 6) is 0.794. The summed E-state index contributed by atoms with van der Waals surface area (Å²) in [5.41, 5.74) is 8.43. The Morgan fingerprint density at radius 1 is 1.28 bits per heavy atom. The average Bonchev–Trinajstić information content (AvgIpc) is 2.35. The lowest BCUT2D eigenvalue weighted by Gasteiger charge is -2.09. The van der Waals surface area contributed by atoms with Crippen LogP contribution < -0.4 is 15.8 Å². The van der Waals surface area contributed by atoms with E-state index in [2.05, 4.69) is 10.3 Å². The first-order chi connectivity index (χ1) is 8.74. The van der Waals surface area contributed by atoms with Crippen LogP contribution in [0.4, 0.5) is 11.4 Å². The topological polar surface area (TPSA) is 60.2 Å². The number of anilines is 2. The van der Waals surface area contributed by atoms with E-state index in [0.29, 0.717) is 12.3 Å². The van der Waals surface area contributed by atoms with E-state index in [-0.39, 0.29) is 0 Å².